The van der Waals surface area contributed by atoms with Crippen LogP contribution < -0.4 is 10.1 Å². The Labute approximate surface area is 132 Å². The van der Waals surface area contributed by atoms with Crippen LogP contribution in [0, 0.1) is 5.92 Å². The van der Waals surface area contributed by atoms with Crippen LogP contribution in [0.1, 0.15) is 38.2 Å². The molecule has 120 valence electrons. The molecule has 1 aliphatic rings. The molecule has 2 rings (SSSR count). The summed E-state index contributed by atoms with van der Waals surface area (Å²) in [5, 5.41) is 12.9. The second kappa shape index (κ2) is 7.99. The molecule has 1 fully saturated rings. The van der Waals surface area contributed by atoms with Gasteiger partial charge in [0.1, 0.15) is 5.75 Å². The quantitative estimate of drug-likeness (QED) is 0.795. The van der Waals surface area contributed by atoms with E-state index < -0.39 is 6.10 Å². The lowest BCUT2D eigenvalue weighted by molar-refractivity contribution is -0.117. The molecule has 0 saturated heterocycles. The van der Waals surface area contributed by atoms with Crippen molar-refractivity contribution in [1.82, 2.24) is 5.32 Å². The first kappa shape index (κ1) is 16.6. The van der Waals surface area contributed by atoms with Gasteiger partial charge in [0, 0.05) is 12.6 Å². The van der Waals surface area contributed by atoms with Crippen LogP contribution in [-0.4, -0.2) is 30.8 Å². The molecule has 1 aliphatic carbocycles. The maximum Gasteiger partial charge on any atom is 0.244 e. The number of allylic oxidation sites excluding steroid dienone is 1. The van der Waals surface area contributed by atoms with Crippen LogP contribution in [0.15, 0.2) is 30.3 Å². The zero-order valence-electron chi connectivity index (χ0n) is 13.3. The van der Waals surface area contributed by atoms with Gasteiger partial charge in [-0.1, -0.05) is 25.0 Å². The van der Waals surface area contributed by atoms with E-state index in [-0.39, 0.29) is 5.91 Å². The summed E-state index contributed by atoms with van der Waals surface area (Å²) < 4.78 is 5.19. The molecule has 1 aromatic rings. The fraction of sp³-hybridized carbons (Fsp3) is 0.500. The van der Waals surface area contributed by atoms with Crippen molar-refractivity contribution in [1.29, 1.82) is 0 Å². The minimum atomic E-state index is -0.433. The van der Waals surface area contributed by atoms with Crippen LogP contribution in [0.5, 0.6) is 5.75 Å². The molecule has 4 heteroatoms. The number of amides is 1. The third-order valence-corrected chi connectivity index (χ3v) is 4.30. The van der Waals surface area contributed by atoms with Gasteiger partial charge in [0.2, 0.25) is 5.91 Å². The topological polar surface area (TPSA) is 58.6 Å². The summed E-state index contributed by atoms with van der Waals surface area (Å²) >= 11 is 0. The average molecular weight is 303 g/mol. The van der Waals surface area contributed by atoms with Gasteiger partial charge in [-0.2, -0.15) is 0 Å². The van der Waals surface area contributed by atoms with E-state index in [2.05, 4.69) is 5.32 Å². The average Bonchev–Trinajstić information content (AvgIpc) is 3.07. The Hall–Kier alpha value is -1.81. The van der Waals surface area contributed by atoms with Gasteiger partial charge in [-0.15, -0.1) is 0 Å². The van der Waals surface area contributed by atoms with Crippen LogP contribution >= 0.6 is 0 Å². The van der Waals surface area contributed by atoms with Crippen molar-refractivity contribution in [2.75, 3.05) is 13.7 Å². The third kappa shape index (κ3) is 4.60. The van der Waals surface area contributed by atoms with Crippen molar-refractivity contribution in [2.45, 2.75) is 38.7 Å². The van der Waals surface area contributed by atoms with Crippen LogP contribution in [-0.2, 0) is 4.79 Å². The molecule has 0 radical (unpaired) electrons. The minimum Gasteiger partial charge on any atom is -0.497 e. The summed E-state index contributed by atoms with van der Waals surface area (Å²) in [6.07, 6.45) is 5.63. The normalized spacial score (nSPS) is 17.3. The highest BCUT2D eigenvalue weighted by molar-refractivity contribution is 5.94. The Morgan fingerprint density at radius 2 is 2.18 bits per heavy atom. The number of nitrogens with one attached hydrogen (secondary N) is 1. The molecule has 0 heterocycles. The molecule has 0 bridgehead atoms. The number of methoxy groups -OCH3 is 1. The lowest BCUT2D eigenvalue weighted by Crippen LogP contribution is -2.34. The molecular formula is C18H25NO3. The Morgan fingerprint density at radius 3 is 2.86 bits per heavy atom. The predicted octanol–water partition coefficient (Wildman–Crippen LogP) is 2.77. The standard InChI is InChI=1S/C18H25NO3/c1-13(15-8-5-9-16(11-15)22-2)10-18(21)19-12-17(20)14-6-3-4-7-14/h5,8-11,14,17,20H,3-4,6-7,12H2,1-2H3,(H,19,21)/b13-10+. The van der Waals surface area contributed by atoms with Gasteiger partial charge in [-0.25, -0.2) is 0 Å². The lowest BCUT2D eigenvalue weighted by atomic mass is 10.0. The molecule has 0 aromatic heterocycles. The summed E-state index contributed by atoms with van der Waals surface area (Å²) in [4.78, 5) is 12.0. The summed E-state index contributed by atoms with van der Waals surface area (Å²) in [6, 6.07) is 7.60. The Balaban J connectivity index is 1.88. The third-order valence-electron chi connectivity index (χ3n) is 4.30. The number of aliphatic hydroxyl groups excluding tert-OH is 1. The van der Waals surface area contributed by atoms with Gasteiger partial charge in [-0.3, -0.25) is 4.79 Å². The number of ether oxygens (including phenoxy) is 1. The zero-order valence-corrected chi connectivity index (χ0v) is 13.3. The summed E-state index contributed by atoms with van der Waals surface area (Å²) in [5.74, 6) is 0.934. The molecule has 1 aromatic carbocycles. The predicted molar refractivity (Wildman–Crippen MR) is 87.6 cm³/mol. The fourth-order valence-corrected chi connectivity index (χ4v) is 2.91. The van der Waals surface area contributed by atoms with Gasteiger partial charge < -0.3 is 15.2 Å². The van der Waals surface area contributed by atoms with Gasteiger partial charge in [-0.05, 0) is 49.0 Å². The number of carbonyl (C=O) groups is 1. The highest BCUT2D eigenvalue weighted by Crippen LogP contribution is 2.27. The highest BCUT2D eigenvalue weighted by Gasteiger charge is 2.23. The molecule has 0 spiro atoms. The summed E-state index contributed by atoms with van der Waals surface area (Å²) in [6.45, 7) is 2.22. The van der Waals surface area contributed by atoms with E-state index >= 15 is 0 Å². The fourth-order valence-electron chi connectivity index (χ4n) is 2.91. The number of aliphatic hydroxyl groups is 1. The van der Waals surface area contributed by atoms with E-state index in [1.165, 1.54) is 12.8 Å². The molecular weight excluding hydrogens is 278 g/mol. The first-order valence-corrected chi connectivity index (χ1v) is 7.89. The van der Waals surface area contributed by atoms with E-state index in [9.17, 15) is 9.90 Å². The number of hydrogen-bond acceptors (Lipinski definition) is 3. The summed E-state index contributed by atoms with van der Waals surface area (Å²) in [7, 11) is 1.62. The van der Waals surface area contributed by atoms with Crippen LogP contribution in [0.3, 0.4) is 0 Å². The minimum absolute atomic E-state index is 0.169. The Morgan fingerprint density at radius 1 is 1.45 bits per heavy atom. The van der Waals surface area contributed by atoms with Crippen molar-refractivity contribution in [3.05, 3.63) is 35.9 Å². The lowest BCUT2D eigenvalue weighted by Gasteiger charge is -2.17. The molecule has 22 heavy (non-hydrogen) atoms. The SMILES string of the molecule is COc1cccc(/C(C)=C/C(=O)NCC(O)C2CCCC2)c1. The Bertz CT molecular complexity index is 533. The van der Waals surface area contributed by atoms with Gasteiger partial charge in [0.25, 0.3) is 0 Å². The number of carbonyl (C=O) groups excluding carboxylic acids is 1. The molecule has 4 nitrogen and oxygen atoms in total. The monoisotopic (exact) mass is 303 g/mol. The van der Waals surface area contributed by atoms with Gasteiger partial charge >= 0.3 is 0 Å². The second-order valence-corrected chi connectivity index (χ2v) is 5.92. The molecule has 0 aliphatic heterocycles. The van der Waals surface area contributed by atoms with E-state index in [4.69, 9.17) is 4.74 Å². The molecule has 2 N–H and O–H groups in total. The van der Waals surface area contributed by atoms with Crippen LogP contribution in [0.2, 0.25) is 0 Å². The van der Waals surface area contributed by atoms with E-state index in [1.54, 1.807) is 13.2 Å². The smallest absolute Gasteiger partial charge is 0.244 e. The highest BCUT2D eigenvalue weighted by atomic mass is 16.5. The molecule has 1 atom stereocenters. The molecule has 1 saturated carbocycles. The van der Waals surface area contributed by atoms with E-state index in [0.717, 1.165) is 29.7 Å². The Kier molecular flexibility index (Phi) is 6.01. The first-order chi connectivity index (χ1) is 10.6. The van der Waals surface area contributed by atoms with Crippen LogP contribution in [0.25, 0.3) is 5.57 Å². The molecule has 1 amide bonds. The van der Waals surface area contributed by atoms with Gasteiger partial charge in [0.05, 0.1) is 13.2 Å². The number of hydrogen-bond donors (Lipinski definition) is 2. The van der Waals surface area contributed by atoms with Crippen molar-refractivity contribution in [3.63, 3.8) is 0 Å². The van der Waals surface area contributed by atoms with Crippen LogP contribution in [0.4, 0.5) is 0 Å². The zero-order chi connectivity index (χ0) is 15.9. The summed E-state index contributed by atoms with van der Waals surface area (Å²) in [5.41, 5.74) is 1.82. The maximum absolute atomic E-state index is 12.0. The van der Waals surface area contributed by atoms with Crippen molar-refractivity contribution < 1.29 is 14.6 Å². The largest absolute Gasteiger partial charge is 0.497 e. The molecule has 1 unspecified atom stereocenters. The number of benzene rings is 1. The van der Waals surface area contributed by atoms with Crippen molar-refractivity contribution in [2.24, 2.45) is 5.92 Å². The number of rotatable bonds is 6. The van der Waals surface area contributed by atoms with Gasteiger partial charge in [0.15, 0.2) is 0 Å². The maximum atomic E-state index is 12.0. The van der Waals surface area contributed by atoms with Crippen molar-refractivity contribution >= 4 is 11.5 Å². The van der Waals surface area contributed by atoms with E-state index in [1.807, 2.05) is 31.2 Å². The first-order valence-electron chi connectivity index (χ1n) is 7.89. The van der Waals surface area contributed by atoms with Crippen molar-refractivity contribution in [3.8, 4) is 5.75 Å². The second-order valence-electron chi connectivity index (χ2n) is 5.92. The van der Waals surface area contributed by atoms with E-state index in [0.29, 0.717) is 12.5 Å².